The molecule has 3 aromatic rings. The van der Waals surface area contributed by atoms with Gasteiger partial charge in [0.25, 0.3) is 5.91 Å². The largest absolute Gasteiger partial charge is 0.493 e. The van der Waals surface area contributed by atoms with Crippen LogP contribution in [0.25, 0.3) is 17.0 Å². The molecule has 7 nitrogen and oxygen atoms in total. The van der Waals surface area contributed by atoms with Gasteiger partial charge < -0.3 is 9.30 Å². The predicted molar refractivity (Wildman–Crippen MR) is 96.7 cm³/mol. The summed E-state index contributed by atoms with van der Waals surface area (Å²) in [5.74, 6) is 0.554. The van der Waals surface area contributed by atoms with Crippen molar-refractivity contribution in [1.29, 1.82) is 0 Å². The zero-order chi connectivity index (χ0) is 17.4. The maximum Gasteiger partial charge on any atom is 0.273 e. The van der Waals surface area contributed by atoms with E-state index in [1.807, 2.05) is 49.0 Å². The van der Waals surface area contributed by atoms with E-state index in [1.54, 1.807) is 6.20 Å². The predicted octanol–water partition coefficient (Wildman–Crippen LogP) is 2.35. The van der Waals surface area contributed by atoms with E-state index in [-0.39, 0.29) is 5.91 Å². The molecule has 1 aliphatic rings. The van der Waals surface area contributed by atoms with Crippen LogP contribution in [0.4, 0.5) is 0 Å². The second kappa shape index (κ2) is 6.14. The molecule has 1 aliphatic heterocycles. The quantitative estimate of drug-likeness (QED) is 0.730. The number of nitrogens with zero attached hydrogens (tertiary/aromatic N) is 4. The highest BCUT2D eigenvalue weighted by Gasteiger charge is 2.26. The molecule has 1 N–H and O–H groups in total. The minimum absolute atomic E-state index is 0.241. The minimum atomic E-state index is -0.241. The van der Waals surface area contributed by atoms with Crippen LogP contribution in [0.3, 0.4) is 0 Å². The third-order valence-electron chi connectivity index (χ3n) is 3.97. The fourth-order valence-electron chi connectivity index (χ4n) is 2.91. The van der Waals surface area contributed by atoms with Crippen LogP contribution in [0.1, 0.15) is 17.4 Å². The number of hydrogen-bond donors (Lipinski definition) is 1. The van der Waals surface area contributed by atoms with Crippen LogP contribution >= 0.6 is 11.5 Å². The molecule has 0 unspecified atom stereocenters. The van der Waals surface area contributed by atoms with Gasteiger partial charge in [-0.25, -0.2) is 5.43 Å². The molecule has 0 atom stereocenters. The van der Waals surface area contributed by atoms with E-state index in [0.717, 1.165) is 27.1 Å². The van der Waals surface area contributed by atoms with Gasteiger partial charge in [0.15, 0.2) is 0 Å². The number of aryl methyl sites for hydroxylation is 1. The van der Waals surface area contributed by atoms with E-state index in [2.05, 4.69) is 20.1 Å². The third kappa shape index (κ3) is 2.60. The Hall–Kier alpha value is -3.00. The van der Waals surface area contributed by atoms with Gasteiger partial charge in [0.05, 0.1) is 28.8 Å². The summed E-state index contributed by atoms with van der Waals surface area (Å²) in [5, 5.41) is 8.92. The summed E-state index contributed by atoms with van der Waals surface area (Å²) in [6, 6.07) is 5.92. The molecule has 0 fully saturated rings. The number of carbonyl (C=O) groups is 1. The first-order valence-electron chi connectivity index (χ1n) is 7.77. The molecule has 3 heterocycles. The molecule has 0 saturated heterocycles. The number of hydrogen-bond acceptors (Lipinski definition) is 6. The standard InChI is InChI=1S/C17H15N5O2S/c1-3-24-13-6-4-5-12-15(13)10(9-22(12)2)7-11-16(19-20-17(11)23)14-8-18-21-25-14/h4-9H,3H2,1-2H3,(H,20,23)/b11-7+. The molecular formula is C17H15N5O2S. The Morgan fingerprint density at radius 2 is 2.28 bits per heavy atom. The number of aromatic nitrogens is 3. The highest BCUT2D eigenvalue weighted by atomic mass is 32.1. The monoisotopic (exact) mass is 353 g/mol. The smallest absolute Gasteiger partial charge is 0.273 e. The van der Waals surface area contributed by atoms with E-state index >= 15 is 0 Å². The van der Waals surface area contributed by atoms with Crippen molar-refractivity contribution in [2.24, 2.45) is 12.1 Å². The Kier molecular flexibility index (Phi) is 3.81. The van der Waals surface area contributed by atoms with Crippen molar-refractivity contribution < 1.29 is 9.53 Å². The lowest BCUT2D eigenvalue weighted by atomic mass is 10.0. The molecule has 1 aromatic carbocycles. The number of nitrogens with one attached hydrogen (secondary N) is 1. The molecule has 8 heteroatoms. The Balaban J connectivity index is 1.88. The van der Waals surface area contributed by atoms with E-state index < -0.39 is 0 Å². The lowest BCUT2D eigenvalue weighted by Gasteiger charge is -2.06. The third-order valence-corrected chi connectivity index (χ3v) is 4.64. The summed E-state index contributed by atoms with van der Waals surface area (Å²) in [4.78, 5) is 13.0. The molecule has 25 heavy (non-hydrogen) atoms. The van der Waals surface area contributed by atoms with Gasteiger partial charge in [0.2, 0.25) is 0 Å². The Labute approximate surface area is 147 Å². The molecule has 0 aliphatic carbocycles. The summed E-state index contributed by atoms with van der Waals surface area (Å²) in [5.41, 5.74) is 5.51. The lowest BCUT2D eigenvalue weighted by Crippen LogP contribution is -2.13. The molecule has 0 bridgehead atoms. The van der Waals surface area contributed by atoms with Crippen LogP contribution in [0, 0.1) is 0 Å². The Bertz CT molecular complexity index is 1020. The van der Waals surface area contributed by atoms with Crippen LogP contribution in [-0.4, -0.2) is 32.4 Å². The Morgan fingerprint density at radius 3 is 3.04 bits per heavy atom. The topological polar surface area (TPSA) is 81.4 Å². The van der Waals surface area contributed by atoms with Gasteiger partial charge in [-0.15, -0.1) is 5.10 Å². The van der Waals surface area contributed by atoms with Crippen molar-refractivity contribution in [1.82, 2.24) is 19.6 Å². The summed E-state index contributed by atoms with van der Waals surface area (Å²) in [6.45, 7) is 2.52. The van der Waals surface area contributed by atoms with Gasteiger partial charge in [-0.3, -0.25) is 4.79 Å². The average Bonchev–Trinajstić information content (AvgIpc) is 3.31. The summed E-state index contributed by atoms with van der Waals surface area (Å²) in [7, 11) is 1.97. The highest BCUT2D eigenvalue weighted by molar-refractivity contribution is 7.08. The molecule has 2 aromatic heterocycles. The zero-order valence-electron chi connectivity index (χ0n) is 13.7. The molecular weight excluding hydrogens is 338 g/mol. The SMILES string of the molecule is CCOc1cccc2c1c(/C=C1/C(=O)NN=C1c1cnns1)cn2C. The molecule has 4 rings (SSSR count). The van der Waals surface area contributed by atoms with Gasteiger partial charge in [0.1, 0.15) is 11.5 Å². The van der Waals surface area contributed by atoms with E-state index in [9.17, 15) is 4.79 Å². The van der Waals surface area contributed by atoms with E-state index in [0.29, 0.717) is 17.9 Å². The van der Waals surface area contributed by atoms with Crippen LogP contribution in [0.2, 0.25) is 0 Å². The van der Waals surface area contributed by atoms with Crippen molar-refractivity contribution >= 4 is 40.1 Å². The lowest BCUT2D eigenvalue weighted by molar-refractivity contribution is -0.116. The number of fused-ring (bicyclic) bond motifs is 1. The highest BCUT2D eigenvalue weighted by Crippen LogP contribution is 2.32. The van der Waals surface area contributed by atoms with Crippen molar-refractivity contribution in [2.75, 3.05) is 6.61 Å². The van der Waals surface area contributed by atoms with Crippen molar-refractivity contribution in [3.63, 3.8) is 0 Å². The average molecular weight is 353 g/mol. The first-order valence-corrected chi connectivity index (χ1v) is 8.55. The second-order valence-electron chi connectivity index (χ2n) is 5.52. The fourth-order valence-corrected chi connectivity index (χ4v) is 3.43. The van der Waals surface area contributed by atoms with Crippen LogP contribution in [0.5, 0.6) is 5.75 Å². The summed E-state index contributed by atoms with van der Waals surface area (Å²) >= 11 is 1.20. The number of carbonyl (C=O) groups excluding carboxylic acids is 1. The van der Waals surface area contributed by atoms with Crippen molar-refractivity contribution in [3.05, 3.63) is 46.6 Å². The second-order valence-corrected chi connectivity index (χ2v) is 6.31. The van der Waals surface area contributed by atoms with Crippen molar-refractivity contribution in [3.8, 4) is 5.75 Å². The van der Waals surface area contributed by atoms with Gasteiger partial charge in [-0.05, 0) is 36.7 Å². The molecule has 0 spiro atoms. The number of rotatable bonds is 4. The molecule has 1 amide bonds. The maximum atomic E-state index is 12.3. The van der Waals surface area contributed by atoms with E-state index in [4.69, 9.17) is 4.74 Å². The number of hydrazone groups is 1. The first-order chi connectivity index (χ1) is 12.2. The zero-order valence-corrected chi connectivity index (χ0v) is 14.5. The van der Waals surface area contributed by atoms with Gasteiger partial charge >= 0.3 is 0 Å². The first kappa shape index (κ1) is 15.5. The normalized spacial score (nSPS) is 15.7. The minimum Gasteiger partial charge on any atom is -0.493 e. The van der Waals surface area contributed by atoms with Crippen molar-refractivity contribution in [2.45, 2.75) is 6.92 Å². The molecule has 126 valence electrons. The maximum absolute atomic E-state index is 12.3. The Morgan fingerprint density at radius 1 is 1.40 bits per heavy atom. The van der Waals surface area contributed by atoms with Gasteiger partial charge in [0, 0.05) is 24.2 Å². The number of amides is 1. The number of benzene rings is 1. The van der Waals surface area contributed by atoms with Crippen LogP contribution < -0.4 is 10.2 Å². The summed E-state index contributed by atoms with van der Waals surface area (Å²) < 4.78 is 11.6. The van der Waals surface area contributed by atoms with E-state index in [1.165, 1.54) is 11.5 Å². The molecule has 0 radical (unpaired) electrons. The van der Waals surface area contributed by atoms with Crippen LogP contribution in [0.15, 0.2) is 41.3 Å². The summed E-state index contributed by atoms with van der Waals surface area (Å²) in [6.07, 6.45) is 5.42. The number of ether oxygens (including phenoxy) is 1. The van der Waals surface area contributed by atoms with Gasteiger partial charge in [-0.1, -0.05) is 10.6 Å². The van der Waals surface area contributed by atoms with Crippen LogP contribution in [-0.2, 0) is 11.8 Å². The van der Waals surface area contributed by atoms with Gasteiger partial charge in [-0.2, -0.15) is 5.10 Å². The fraction of sp³-hybridized carbons (Fsp3) is 0.176. The molecule has 0 saturated carbocycles.